The summed E-state index contributed by atoms with van der Waals surface area (Å²) < 4.78 is 13.8. The smallest absolute Gasteiger partial charge is 0.257 e. The van der Waals surface area contributed by atoms with Crippen molar-refractivity contribution in [2.45, 2.75) is 20.3 Å². The number of carbonyl (C=O) groups excluding carboxylic acids is 1. The Hall–Kier alpha value is -1.82. The molecule has 1 amide bonds. The van der Waals surface area contributed by atoms with E-state index in [2.05, 4.69) is 31.4 Å². The summed E-state index contributed by atoms with van der Waals surface area (Å²) >= 11 is 3.27. The van der Waals surface area contributed by atoms with Crippen LogP contribution in [0.25, 0.3) is 0 Å². The van der Waals surface area contributed by atoms with E-state index < -0.39 is 5.82 Å². The molecule has 0 fully saturated rings. The van der Waals surface area contributed by atoms with Crippen molar-refractivity contribution in [2.75, 3.05) is 5.32 Å². The molecule has 1 heterocycles. The summed E-state index contributed by atoms with van der Waals surface area (Å²) in [5.74, 6) is -0.741. The monoisotopic (exact) mass is 337 g/mol. The van der Waals surface area contributed by atoms with Gasteiger partial charge in [0.05, 0.1) is 22.6 Å². The van der Waals surface area contributed by atoms with Gasteiger partial charge >= 0.3 is 0 Å². The Bertz CT molecular complexity index is 661. The minimum Gasteiger partial charge on any atom is -0.321 e. The normalized spacial score (nSPS) is 10.4. The molecule has 0 unspecified atom stereocenters. The quantitative estimate of drug-likeness (QED) is 0.932. The van der Waals surface area contributed by atoms with E-state index in [0.29, 0.717) is 33.5 Å². The predicted molar refractivity (Wildman–Crippen MR) is 78.2 cm³/mol. The fourth-order valence-electron chi connectivity index (χ4n) is 1.75. The summed E-state index contributed by atoms with van der Waals surface area (Å²) in [6.45, 7) is 3.66. The van der Waals surface area contributed by atoms with Gasteiger partial charge in [-0.25, -0.2) is 4.39 Å². The van der Waals surface area contributed by atoms with Crippen molar-refractivity contribution in [1.82, 2.24) is 10.2 Å². The van der Waals surface area contributed by atoms with E-state index in [1.54, 1.807) is 19.1 Å². The lowest BCUT2D eigenvalue weighted by molar-refractivity contribution is 0.102. The largest absolute Gasteiger partial charge is 0.321 e. The number of hydrogen-bond acceptors (Lipinski definition) is 3. The highest BCUT2D eigenvalue weighted by molar-refractivity contribution is 9.10. The number of anilines is 1. The van der Waals surface area contributed by atoms with E-state index in [1.807, 2.05) is 6.92 Å². The summed E-state index contributed by atoms with van der Waals surface area (Å²) in [5.41, 5.74) is 2.11. The second kappa shape index (κ2) is 6.09. The minimum atomic E-state index is -0.414. The van der Waals surface area contributed by atoms with Gasteiger partial charge in [0.2, 0.25) is 0 Å². The van der Waals surface area contributed by atoms with Gasteiger partial charge in [-0.15, -0.1) is 0 Å². The second-order valence-electron chi connectivity index (χ2n) is 4.28. The maximum absolute atomic E-state index is 13.2. The third kappa shape index (κ3) is 3.19. The summed E-state index contributed by atoms with van der Waals surface area (Å²) in [6.07, 6.45) is 0.598. The van der Waals surface area contributed by atoms with E-state index in [9.17, 15) is 9.18 Å². The molecule has 0 saturated heterocycles. The lowest BCUT2D eigenvalue weighted by atomic mass is 10.1. The average Bonchev–Trinajstić information content (AvgIpc) is 2.42. The van der Waals surface area contributed by atoms with Crippen LogP contribution in [0.2, 0.25) is 0 Å². The van der Waals surface area contributed by atoms with Crippen molar-refractivity contribution in [2.24, 2.45) is 0 Å². The molecular weight excluding hydrogens is 325 g/mol. The first kappa shape index (κ1) is 14.6. The maximum Gasteiger partial charge on any atom is 0.257 e. The zero-order chi connectivity index (χ0) is 14.7. The molecule has 0 aliphatic rings. The number of nitrogens with one attached hydrogen (secondary N) is 1. The highest BCUT2D eigenvalue weighted by atomic mass is 79.9. The van der Waals surface area contributed by atoms with Crippen molar-refractivity contribution < 1.29 is 9.18 Å². The van der Waals surface area contributed by atoms with E-state index in [0.717, 1.165) is 0 Å². The summed E-state index contributed by atoms with van der Waals surface area (Å²) in [7, 11) is 0. The Morgan fingerprint density at radius 2 is 2.10 bits per heavy atom. The number of benzene rings is 1. The molecule has 2 aromatic rings. The van der Waals surface area contributed by atoms with Gasteiger partial charge in [0.25, 0.3) is 5.91 Å². The van der Waals surface area contributed by atoms with Crippen LogP contribution in [0, 0.1) is 12.7 Å². The van der Waals surface area contributed by atoms with Crippen LogP contribution >= 0.6 is 15.9 Å². The molecule has 0 bridgehead atoms. The van der Waals surface area contributed by atoms with Gasteiger partial charge in [-0.3, -0.25) is 4.79 Å². The zero-order valence-corrected chi connectivity index (χ0v) is 12.7. The molecule has 0 aliphatic heterocycles. The summed E-state index contributed by atoms with van der Waals surface area (Å²) in [5, 5.41) is 10.6. The molecule has 0 saturated carbocycles. The molecule has 0 atom stereocenters. The molecule has 4 nitrogen and oxygen atoms in total. The molecule has 0 aliphatic carbocycles. The first-order chi connectivity index (χ1) is 9.51. The molecule has 1 aromatic carbocycles. The molecule has 0 spiro atoms. The SMILES string of the molecule is CCc1nnc(C)cc1C(=O)Nc1cc(F)ccc1Br. The standard InChI is InChI=1S/C14H13BrFN3O/c1-3-12-10(6-8(2)18-19-12)14(20)17-13-7-9(16)4-5-11(13)15/h4-7H,3H2,1-2H3,(H,17,20). The number of hydrogen-bond donors (Lipinski definition) is 1. The minimum absolute atomic E-state index is 0.328. The van der Waals surface area contributed by atoms with Crippen molar-refractivity contribution in [1.29, 1.82) is 0 Å². The van der Waals surface area contributed by atoms with Crippen LogP contribution in [0.4, 0.5) is 10.1 Å². The Balaban J connectivity index is 2.32. The van der Waals surface area contributed by atoms with Crippen molar-refractivity contribution in [3.8, 4) is 0 Å². The number of carbonyl (C=O) groups is 1. The van der Waals surface area contributed by atoms with E-state index in [-0.39, 0.29) is 5.91 Å². The maximum atomic E-state index is 13.2. The second-order valence-corrected chi connectivity index (χ2v) is 5.13. The fraction of sp³-hybridized carbons (Fsp3) is 0.214. The fourth-order valence-corrected chi connectivity index (χ4v) is 2.10. The molecule has 6 heteroatoms. The van der Waals surface area contributed by atoms with Crippen LogP contribution in [0.1, 0.15) is 28.7 Å². The van der Waals surface area contributed by atoms with Crippen LogP contribution in [-0.2, 0) is 6.42 Å². The van der Waals surface area contributed by atoms with Crippen LogP contribution < -0.4 is 5.32 Å². The Morgan fingerprint density at radius 1 is 1.35 bits per heavy atom. The van der Waals surface area contributed by atoms with Gasteiger partial charge in [0.1, 0.15) is 5.82 Å². The van der Waals surface area contributed by atoms with Crippen molar-refractivity contribution >= 4 is 27.5 Å². The topological polar surface area (TPSA) is 54.9 Å². The molecule has 20 heavy (non-hydrogen) atoms. The number of amides is 1. The highest BCUT2D eigenvalue weighted by Gasteiger charge is 2.14. The molecule has 1 aromatic heterocycles. The molecule has 104 valence electrons. The number of nitrogens with zero attached hydrogens (tertiary/aromatic N) is 2. The van der Waals surface area contributed by atoms with Crippen LogP contribution in [0.5, 0.6) is 0 Å². The summed E-state index contributed by atoms with van der Waals surface area (Å²) in [6, 6.07) is 5.79. The third-order valence-electron chi connectivity index (χ3n) is 2.75. The lowest BCUT2D eigenvalue weighted by Crippen LogP contribution is -2.16. The van der Waals surface area contributed by atoms with Crippen LogP contribution in [0.15, 0.2) is 28.7 Å². The zero-order valence-electron chi connectivity index (χ0n) is 11.1. The van der Waals surface area contributed by atoms with Crippen molar-refractivity contribution in [3.05, 3.63) is 51.5 Å². The lowest BCUT2D eigenvalue weighted by Gasteiger charge is -2.10. The molecule has 0 radical (unpaired) electrons. The van der Waals surface area contributed by atoms with Gasteiger partial charge < -0.3 is 5.32 Å². The highest BCUT2D eigenvalue weighted by Crippen LogP contribution is 2.24. The van der Waals surface area contributed by atoms with E-state index >= 15 is 0 Å². The Labute approximate surface area is 124 Å². The first-order valence-corrected chi connectivity index (χ1v) is 6.90. The van der Waals surface area contributed by atoms with Crippen molar-refractivity contribution in [3.63, 3.8) is 0 Å². The predicted octanol–water partition coefficient (Wildman–Crippen LogP) is 3.50. The van der Waals surface area contributed by atoms with Gasteiger partial charge in [0, 0.05) is 4.47 Å². The molecule has 2 rings (SSSR count). The number of aromatic nitrogens is 2. The van der Waals surface area contributed by atoms with E-state index in [4.69, 9.17) is 0 Å². The van der Waals surface area contributed by atoms with Crippen LogP contribution in [0.3, 0.4) is 0 Å². The number of halogens is 2. The first-order valence-electron chi connectivity index (χ1n) is 6.11. The van der Waals surface area contributed by atoms with Crippen LogP contribution in [-0.4, -0.2) is 16.1 Å². The van der Waals surface area contributed by atoms with Gasteiger partial charge in [-0.05, 0) is 53.5 Å². The third-order valence-corrected chi connectivity index (χ3v) is 3.44. The number of rotatable bonds is 3. The molecule has 1 N–H and O–H groups in total. The van der Waals surface area contributed by atoms with Gasteiger partial charge in [0.15, 0.2) is 0 Å². The Kier molecular flexibility index (Phi) is 4.44. The summed E-state index contributed by atoms with van der Waals surface area (Å²) in [4.78, 5) is 12.3. The number of aryl methyl sites for hydroxylation is 2. The van der Waals surface area contributed by atoms with Gasteiger partial charge in [-0.1, -0.05) is 6.92 Å². The Morgan fingerprint density at radius 3 is 2.80 bits per heavy atom. The van der Waals surface area contributed by atoms with E-state index in [1.165, 1.54) is 12.1 Å². The molecular formula is C14H13BrFN3O. The van der Waals surface area contributed by atoms with Gasteiger partial charge in [-0.2, -0.15) is 10.2 Å². The average molecular weight is 338 g/mol.